The third-order valence-electron chi connectivity index (χ3n) is 2.52. The van der Waals surface area contributed by atoms with E-state index in [0.717, 1.165) is 0 Å². The molecule has 0 saturated heterocycles. The van der Waals surface area contributed by atoms with E-state index < -0.39 is 0 Å². The van der Waals surface area contributed by atoms with Crippen LogP contribution in [0.5, 0.6) is 5.75 Å². The lowest BCUT2D eigenvalue weighted by Crippen LogP contribution is -2.04. The second-order valence-corrected chi connectivity index (χ2v) is 3.84. The summed E-state index contributed by atoms with van der Waals surface area (Å²) in [7, 11) is 1.51. The van der Waals surface area contributed by atoms with Crippen molar-refractivity contribution in [2.75, 3.05) is 7.11 Å². The van der Waals surface area contributed by atoms with E-state index >= 15 is 0 Å². The van der Waals surface area contributed by atoms with E-state index in [1.807, 2.05) is 0 Å². The molecule has 0 amide bonds. The first kappa shape index (κ1) is 12.2. The molecule has 3 nitrogen and oxygen atoms in total. The van der Waals surface area contributed by atoms with Crippen LogP contribution in [0.15, 0.2) is 42.7 Å². The fourth-order valence-corrected chi connectivity index (χ4v) is 1.62. The van der Waals surface area contributed by atoms with Gasteiger partial charge in [0.1, 0.15) is 11.6 Å². The van der Waals surface area contributed by atoms with Crippen molar-refractivity contribution < 1.29 is 13.9 Å². The average molecular weight is 245 g/mol. The first-order valence-corrected chi connectivity index (χ1v) is 5.46. The summed E-state index contributed by atoms with van der Waals surface area (Å²) in [5.41, 5.74) is 1.10. The lowest BCUT2D eigenvalue weighted by Gasteiger charge is -2.03. The Morgan fingerprint density at radius 3 is 2.89 bits per heavy atom. The highest BCUT2D eigenvalue weighted by Gasteiger charge is 2.09. The molecule has 18 heavy (non-hydrogen) atoms. The fourth-order valence-electron chi connectivity index (χ4n) is 1.62. The summed E-state index contributed by atoms with van der Waals surface area (Å²) >= 11 is 0. The number of ketones is 1. The zero-order chi connectivity index (χ0) is 13.0. The second kappa shape index (κ2) is 5.40. The highest BCUT2D eigenvalue weighted by atomic mass is 19.1. The summed E-state index contributed by atoms with van der Waals surface area (Å²) in [6.45, 7) is 0. The number of rotatable bonds is 4. The summed E-state index contributed by atoms with van der Waals surface area (Å²) < 4.78 is 18.0. The van der Waals surface area contributed by atoms with Crippen molar-refractivity contribution in [3.05, 3.63) is 59.7 Å². The molecule has 0 aliphatic rings. The van der Waals surface area contributed by atoms with Gasteiger partial charge in [0.15, 0.2) is 5.78 Å². The molecule has 92 valence electrons. The molecule has 1 heterocycles. The predicted octanol–water partition coefficient (Wildman–Crippen LogP) is 2.65. The van der Waals surface area contributed by atoms with Crippen molar-refractivity contribution in [1.29, 1.82) is 0 Å². The Balaban J connectivity index is 2.16. The van der Waals surface area contributed by atoms with Crippen LogP contribution in [0, 0.1) is 5.82 Å². The molecular weight excluding hydrogens is 233 g/mol. The number of benzene rings is 1. The van der Waals surface area contributed by atoms with Gasteiger partial charge in [0.05, 0.1) is 13.3 Å². The molecule has 0 spiro atoms. The van der Waals surface area contributed by atoms with Crippen LogP contribution in [0.3, 0.4) is 0 Å². The van der Waals surface area contributed by atoms with Gasteiger partial charge < -0.3 is 4.74 Å². The molecule has 2 aromatic rings. The van der Waals surface area contributed by atoms with Gasteiger partial charge in [-0.1, -0.05) is 12.1 Å². The molecule has 0 aliphatic heterocycles. The number of aromatic nitrogens is 1. The lowest BCUT2D eigenvalue weighted by molar-refractivity contribution is 0.0992. The first-order chi connectivity index (χ1) is 8.69. The number of carbonyl (C=O) groups excluding carboxylic acids is 1. The Morgan fingerprint density at radius 1 is 1.33 bits per heavy atom. The summed E-state index contributed by atoms with van der Waals surface area (Å²) in [6, 6.07) is 7.62. The molecule has 4 heteroatoms. The number of nitrogens with zero attached hydrogens (tertiary/aromatic N) is 1. The number of Topliss-reactive ketones (excluding diaryl/α,β-unsaturated/α-hetero) is 1. The molecular formula is C14H12FNO2. The van der Waals surface area contributed by atoms with Crippen LogP contribution in [-0.4, -0.2) is 17.9 Å². The number of halogens is 1. The van der Waals surface area contributed by atoms with Crippen molar-refractivity contribution in [3.8, 4) is 5.75 Å². The van der Waals surface area contributed by atoms with Crippen LogP contribution < -0.4 is 4.74 Å². The third kappa shape index (κ3) is 2.91. The summed E-state index contributed by atoms with van der Waals surface area (Å²) in [4.78, 5) is 15.9. The maximum absolute atomic E-state index is 13.0. The van der Waals surface area contributed by atoms with E-state index in [0.29, 0.717) is 16.9 Å². The van der Waals surface area contributed by atoms with E-state index in [-0.39, 0.29) is 18.0 Å². The third-order valence-corrected chi connectivity index (χ3v) is 2.52. The van der Waals surface area contributed by atoms with Crippen molar-refractivity contribution >= 4 is 5.78 Å². The SMILES string of the molecule is COc1cncc(C(=O)Cc2cccc(F)c2)c1. The minimum absolute atomic E-state index is 0.119. The van der Waals surface area contributed by atoms with E-state index in [1.54, 1.807) is 18.2 Å². The van der Waals surface area contributed by atoms with Crippen LogP contribution in [0.4, 0.5) is 4.39 Å². The molecule has 1 aromatic heterocycles. The Labute approximate surface area is 104 Å². The van der Waals surface area contributed by atoms with Crippen LogP contribution in [0.25, 0.3) is 0 Å². The van der Waals surface area contributed by atoms with Gasteiger partial charge >= 0.3 is 0 Å². The van der Waals surface area contributed by atoms with E-state index in [2.05, 4.69) is 4.98 Å². The zero-order valence-electron chi connectivity index (χ0n) is 9.89. The number of pyridine rings is 1. The molecule has 1 aromatic carbocycles. The fraction of sp³-hybridized carbons (Fsp3) is 0.143. The Hall–Kier alpha value is -2.23. The van der Waals surface area contributed by atoms with Crippen molar-refractivity contribution in [2.45, 2.75) is 6.42 Å². The van der Waals surface area contributed by atoms with Gasteiger partial charge in [-0.15, -0.1) is 0 Å². The zero-order valence-corrected chi connectivity index (χ0v) is 9.89. The largest absolute Gasteiger partial charge is 0.495 e. The molecule has 0 aliphatic carbocycles. The van der Waals surface area contributed by atoms with E-state index in [9.17, 15) is 9.18 Å². The minimum atomic E-state index is -0.343. The first-order valence-electron chi connectivity index (χ1n) is 5.46. The molecule has 0 saturated carbocycles. The van der Waals surface area contributed by atoms with Crippen molar-refractivity contribution in [1.82, 2.24) is 4.98 Å². The van der Waals surface area contributed by atoms with Crippen molar-refractivity contribution in [2.24, 2.45) is 0 Å². The van der Waals surface area contributed by atoms with Crippen LogP contribution in [-0.2, 0) is 6.42 Å². The van der Waals surface area contributed by atoms with Gasteiger partial charge in [0.25, 0.3) is 0 Å². The standard InChI is InChI=1S/C14H12FNO2/c1-18-13-7-11(8-16-9-13)14(17)6-10-3-2-4-12(15)5-10/h2-5,7-9H,6H2,1H3. The molecule has 0 atom stereocenters. The van der Waals surface area contributed by atoms with Crippen LogP contribution in [0.2, 0.25) is 0 Å². The number of ether oxygens (including phenoxy) is 1. The van der Waals surface area contributed by atoms with Crippen LogP contribution >= 0.6 is 0 Å². The van der Waals surface area contributed by atoms with Gasteiger partial charge in [0, 0.05) is 18.2 Å². The van der Waals surface area contributed by atoms with E-state index in [1.165, 1.54) is 31.6 Å². The normalized spacial score (nSPS) is 10.1. The summed E-state index contributed by atoms with van der Waals surface area (Å²) in [6.07, 6.45) is 3.15. The highest BCUT2D eigenvalue weighted by Crippen LogP contribution is 2.13. The predicted molar refractivity (Wildman–Crippen MR) is 65.2 cm³/mol. The summed E-state index contributed by atoms with van der Waals surface area (Å²) in [5.74, 6) is 0.0659. The topological polar surface area (TPSA) is 39.2 Å². The molecule has 0 radical (unpaired) electrons. The molecule has 2 rings (SSSR count). The lowest BCUT2D eigenvalue weighted by atomic mass is 10.0. The minimum Gasteiger partial charge on any atom is -0.495 e. The van der Waals surface area contributed by atoms with Gasteiger partial charge in [-0.05, 0) is 23.8 Å². The molecule has 0 fully saturated rings. The van der Waals surface area contributed by atoms with Crippen molar-refractivity contribution in [3.63, 3.8) is 0 Å². The number of carbonyl (C=O) groups is 1. The van der Waals surface area contributed by atoms with Gasteiger partial charge in [-0.2, -0.15) is 0 Å². The maximum Gasteiger partial charge on any atom is 0.168 e. The monoisotopic (exact) mass is 245 g/mol. The molecule has 0 unspecified atom stereocenters. The van der Waals surface area contributed by atoms with E-state index in [4.69, 9.17) is 4.74 Å². The van der Waals surface area contributed by atoms with Crippen LogP contribution in [0.1, 0.15) is 15.9 Å². The molecule has 0 bridgehead atoms. The van der Waals surface area contributed by atoms with Gasteiger partial charge in [0.2, 0.25) is 0 Å². The van der Waals surface area contributed by atoms with Gasteiger partial charge in [-0.3, -0.25) is 9.78 Å². The highest BCUT2D eigenvalue weighted by molar-refractivity contribution is 5.97. The summed E-state index contributed by atoms with van der Waals surface area (Å²) in [5, 5.41) is 0. The number of hydrogen-bond acceptors (Lipinski definition) is 3. The quantitative estimate of drug-likeness (QED) is 0.777. The smallest absolute Gasteiger partial charge is 0.168 e. The average Bonchev–Trinajstić information content (AvgIpc) is 2.39. The molecule has 0 N–H and O–H groups in total. The number of methoxy groups -OCH3 is 1. The number of hydrogen-bond donors (Lipinski definition) is 0. The Morgan fingerprint density at radius 2 is 2.17 bits per heavy atom. The Kier molecular flexibility index (Phi) is 3.67. The maximum atomic E-state index is 13.0. The second-order valence-electron chi connectivity index (χ2n) is 3.84. The van der Waals surface area contributed by atoms with Gasteiger partial charge in [-0.25, -0.2) is 4.39 Å². The Bertz CT molecular complexity index is 569.